The number of epoxide rings is 1. The maximum Gasteiger partial charge on any atom is 0.432 e. The molecule has 0 radical (unpaired) electrons. The van der Waals surface area contributed by atoms with Crippen LogP contribution in [-0.4, -0.2) is 28.7 Å². The predicted molar refractivity (Wildman–Crippen MR) is 85.7 cm³/mol. The third-order valence-corrected chi connectivity index (χ3v) is 4.50. The van der Waals surface area contributed by atoms with Gasteiger partial charge in [0, 0.05) is 5.69 Å². The molecular formula is C16H18NO5P. The van der Waals surface area contributed by atoms with Crippen LogP contribution in [-0.2, 0) is 20.6 Å². The van der Waals surface area contributed by atoms with Crippen molar-refractivity contribution in [1.29, 1.82) is 0 Å². The molecule has 0 aliphatic carbocycles. The van der Waals surface area contributed by atoms with Gasteiger partial charge in [-0.2, -0.15) is 0 Å². The molecule has 2 unspecified atom stereocenters. The smallest absolute Gasteiger partial charge is 0.368 e. The molecule has 0 aromatic heterocycles. The number of nitrogens with zero attached hydrogens (tertiary/aromatic N) is 1. The lowest BCUT2D eigenvalue weighted by Gasteiger charge is -2.32. The fraction of sp³-hybridized carbons (Fsp3) is 0.250. The molecule has 0 saturated carbocycles. The zero-order chi connectivity index (χ0) is 16.3. The molecule has 6 nitrogen and oxygen atoms in total. The van der Waals surface area contributed by atoms with E-state index in [4.69, 9.17) is 9.47 Å². The number of anilines is 1. The Labute approximate surface area is 134 Å². The van der Waals surface area contributed by atoms with Crippen LogP contribution in [0.2, 0.25) is 0 Å². The van der Waals surface area contributed by atoms with Gasteiger partial charge in [-0.25, -0.2) is 4.57 Å². The molecule has 1 aliphatic rings. The molecular weight excluding hydrogens is 317 g/mol. The van der Waals surface area contributed by atoms with Crippen LogP contribution in [0.1, 0.15) is 5.56 Å². The molecule has 2 atom stereocenters. The number of benzene rings is 2. The van der Waals surface area contributed by atoms with E-state index in [1.165, 1.54) is 0 Å². The van der Waals surface area contributed by atoms with Gasteiger partial charge >= 0.3 is 7.75 Å². The predicted octanol–water partition coefficient (Wildman–Crippen LogP) is 2.53. The van der Waals surface area contributed by atoms with Crippen molar-refractivity contribution in [3.63, 3.8) is 0 Å². The van der Waals surface area contributed by atoms with E-state index in [1.54, 1.807) is 30.3 Å². The zero-order valence-electron chi connectivity index (χ0n) is 12.4. The number of ether oxygens (including phenoxy) is 2. The molecule has 0 spiro atoms. The van der Waals surface area contributed by atoms with Crippen molar-refractivity contribution in [1.82, 2.24) is 0 Å². The van der Waals surface area contributed by atoms with Crippen molar-refractivity contribution in [2.24, 2.45) is 0 Å². The molecule has 1 aliphatic heterocycles. The van der Waals surface area contributed by atoms with Crippen LogP contribution in [0, 0.1) is 0 Å². The third kappa shape index (κ3) is 4.19. The van der Waals surface area contributed by atoms with Crippen LogP contribution in [0.25, 0.3) is 0 Å². The van der Waals surface area contributed by atoms with Gasteiger partial charge in [-0.3, -0.25) is 4.67 Å². The molecule has 122 valence electrons. The minimum absolute atomic E-state index is 0.245. The molecule has 7 heteroatoms. The van der Waals surface area contributed by atoms with Crippen molar-refractivity contribution < 1.29 is 23.8 Å². The molecule has 2 N–H and O–H groups in total. The van der Waals surface area contributed by atoms with E-state index >= 15 is 0 Å². The SMILES string of the molecule is O=P(O)(O)N(c1ccccc1)C(OCc1ccccc1)C1CO1. The Hall–Kier alpha value is -1.69. The van der Waals surface area contributed by atoms with Crippen LogP contribution in [0.4, 0.5) is 5.69 Å². The van der Waals surface area contributed by atoms with E-state index < -0.39 is 14.0 Å². The minimum Gasteiger partial charge on any atom is -0.368 e. The zero-order valence-corrected chi connectivity index (χ0v) is 13.3. The molecule has 2 aromatic carbocycles. The fourth-order valence-corrected chi connectivity index (χ4v) is 3.28. The molecule has 1 fully saturated rings. The van der Waals surface area contributed by atoms with Crippen LogP contribution >= 0.6 is 7.75 Å². The van der Waals surface area contributed by atoms with Crippen molar-refractivity contribution in [2.45, 2.75) is 18.9 Å². The highest BCUT2D eigenvalue weighted by molar-refractivity contribution is 7.53. The largest absolute Gasteiger partial charge is 0.432 e. The summed E-state index contributed by atoms with van der Waals surface area (Å²) in [5.41, 5.74) is 1.33. The van der Waals surface area contributed by atoms with Gasteiger partial charge < -0.3 is 19.3 Å². The topological polar surface area (TPSA) is 82.5 Å². The molecule has 0 bridgehead atoms. The van der Waals surface area contributed by atoms with E-state index in [0.717, 1.165) is 10.2 Å². The first-order chi connectivity index (χ1) is 11.1. The van der Waals surface area contributed by atoms with Gasteiger partial charge in [-0.05, 0) is 17.7 Å². The lowest BCUT2D eigenvalue weighted by Crippen LogP contribution is -2.39. The number of rotatable bonds is 7. The van der Waals surface area contributed by atoms with E-state index in [2.05, 4.69) is 0 Å². The second kappa shape index (κ2) is 6.83. The van der Waals surface area contributed by atoms with Crippen LogP contribution in [0.15, 0.2) is 60.7 Å². The van der Waals surface area contributed by atoms with Crippen molar-refractivity contribution in [3.05, 3.63) is 66.2 Å². The van der Waals surface area contributed by atoms with Gasteiger partial charge in [0.1, 0.15) is 6.10 Å². The summed E-state index contributed by atoms with van der Waals surface area (Å²) < 4.78 is 24.0. The lowest BCUT2D eigenvalue weighted by molar-refractivity contribution is 0.0262. The second-order valence-electron chi connectivity index (χ2n) is 5.25. The Morgan fingerprint density at radius 3 is 2.22 bits per heavy atom. The highest BCUT2D eigenvalue weighted by Crippen LogP contribution is 2.47. The highest BCUT2D eigenvalue weighted by atomic mass is 31.2. The average molecular weight is 335 g/mol. The van der Waals surface area contributed by atoms with E-state index in [-0.39, 0.29) is 12.7 Å². The Balaban J connectivity index is 1.83. The number of para-hydroxylation sites is 1. The van der Waals surface area contributed by atoms with Gasteiger partial charge in [0.05, 0.1) is 13.2 Å². The van der Waals surface area contributed by atoms with Gasteiger partial charge in [0.25, 0.3) is 0 Å². The number of hydrogen-bond acceptors (Lipinski definition) is 3. The Kier molecular flexibility index (Phi) is 4.80. The summed E-state index contributed by atoms with van der Waals surface area (Å²) >= 11 is 0. The summed E-state index contributed by atoms with van der Waals surface area (Å²) in [5.74, 6) is 0. The van der Waals surface area contributed by atoms with E-state index in [1.807, 2.05) is 30.3 Å². The summed E-state index contributed by atoms with van der Waals surface area (Å²) in [6.07, 6.45) is -1.20. The Morgan fingerprint density at radius 2 is 1.70 bits per heavy atom. The van der Waals surface area contributed by atoms with Crippen molar-refractivity contribution in [2.75, 3.05) is 11.3 Å². The normalized spacial score (nSPS) is 18.4. The minimum atomic E-state index is -4.56. The van der Waals surface area contributed by atoms with Crippen LogP contribution in [0.3, 0.4) is 0 Å². The standard InChI is InChI=1S/C16H18NO5P/c18-23(19,20)17(14-9-5-2-6-10-14)16(15-12-21-15)22-11-13-7-3-1-4-8-13/h1-10,15-16H,11-12H2,(H2,18,19,20). The molecule has 0 amide bonds. The van der Waals surface area contributed by atoms with Crippen LogP contribution in [0.5, 0.6) is 0 Å². The summed E-state index contributed by atoms with van der Waals surface area (Å²) in [5, 5.41) is 0. The first-order valence-corrected chi connectivity index (χ1v) is 8.79. The van der Waals surface area contributed by atoms with Gasteiger partial charge in [-0.15, -0.1) is 0 Å². The summed E-state index contributed by atoms with van der Waals surface area (Å²) in [7, 11) is -4.56. The molecule has 1 heterocycles. The second-order valence-corrected chi connectivity index (χ2v) is 6.71. The maximum atomic E-state index is 12.0. The lowest BCUT2D eigenvalue weighted by atomic mass is 10.2. The molecule has 3 rings (SSSR count). The fourth-order valence-electron chi connectivity index (χ4n) is 2.34. The van der Waals surface area contributed by atoms with E-state index in [9.17, 15) is 14.4 Å². The molecule has 2 aromatic rings. The average Bonchev–Trinajstić information content (AvgIpc) is 3.36. The first kappa shape index (κ1) is 16.2. The highest BCUT2D eigenvalue weighted by Gasteiger charge is 2.44. The first-order valence-electron chi connectivity index (χ1n) is 7.23. The molecule has 1 saturated heterocycles. The van der Waals surface area contributed by atoms with E-state index in [0.29, 0.717) is 12.3 Å². The van der Waals surface area contributed by atoms with Crippen molar-refractivity contribution in [3.8, 4) is 0 Å². The Bertz CT molecular complexity index is 671. The quantitative estimate of drug-likeness (QED) is 0.460. The van der Waals surface area contributed by atoms with Crippen LogP contribution < -0.4 is 4.67 Å². The number of hydrogen-bond donors (Lipinski definition) is 2. The maximum absolute atomic E-state index is 12.0. The summed E-state index contributed by atoms with van der Waals surface area (Å²) in [6, 6.07) is 18.0. The Morgan fingerprint density at radius 1 is 1.13 bits per heavy atom. The van der Waals surface area contributed by atoms with Gasteiger partial charge in [-0.1, -0.05) is 48.5 Å². The third-order valence-electron chi connectivity index (χ3n) is 3.48. The van der Waals surface area contributed by atoms with Gasteiger partial charge in [0.2, 0.25) is 0 Å². The molecule has 23 heavy (non-hydrogen) atoms. The summed E-state index contributed by atoms with van der Waals surface area (Å²) in [6.45, 7) is 0.664. The van der Waals surface area contributed by atoms with Gasteiger partial charge in [0.15, 0.2) is 6.23 Å². The summed E-state index contributed by atoms with van der Waals surface area (Å²) in [4.78, 5) is 19.6. The monoisotopic (exact) mass is 335 g/mol. The van der Waals surface area contributed by atoms with Crippen molar-refractivity contribution >= 4 is 13.4 Å².